The molecular formula is C17H28N2O. The fourth-order valence-electron chi connectivity index (χ4n) is 2.03. The molecule has 3 N–H and O–H groups in total. The van der Waals surface area contributed by atoms with Crippen LogP contribution in [0.5, 0.6) is 0 Å². The normalized spacial score (nSPS) is 14.7. The van der Waals surface area contributed by atoms with Gasteiger partial charge in [-0.25, -0.2) is 0 Å². The van der Waals surface area contributed by atoms with Crippen LogP contribution in [-0.2, 0) is 10.2 Å². The number of nitrogens with one attached hydrogen (secondary N) is 1. The van der Waals surface area contributed by atoms with Crippen LogP contribution in [0.3, 0.4) is 0 Å². The number of hydrogen-bond acceptors (Lipinski definition) is 2. The molecule has 0 fully saturated rings. The van der Waals surface area contributed by atoms with Crippen LogP contribution in [0.4, 0.5) is 0 Å². The third kappa shape index (κ3) is 5.33. The Morgan fingerprint density at radius 3 is 2.20 bits per heavy atom. The number of benzene rings is 1. The number of nitrogens with two attached hydrogens (primary N) is 1. The first-order valence-corrected chi connectivity index (χ1v) is 7.35. The standard InChI is InChI=1S/C17H28N2O/c1-12(18)6-11-16(20)19-13(2)14-7-9-15(10-8-14)17(3,4)5/h7-10,12-13H,6,11,18H2,1-5H3,(H,19,20). The lowest BCUT2D eigenvalue weighted by atomic mass is 9.86. The summed E-state index contributed by atoms with van der Waals surface area (Å²) in [6.45, 7) is 10.5. The van der Waals surface area contributed by atoms with Gasteiger partial charge in [0.05, 0.1) is 6.04 Å². The van der Waals surface area contributed by atoms with Gasteiger partial charge < -0.3 is 11.1 Å². The van der Waals surface area contributed by atoms with Gasteiger partial charge in [0.1, 0.15) is 0 Å². The van der Waals surface area contributed by atoms with Gasteiger partial charge >= 0.3 is 0 Å². The summed E-state index contributed by atoms with van der Waals surface area (Å²) in [4.78, 5) is 11.8. The molecule has 0 saturated heterocycles. The summed E-state index contributed by atoms with van der Waals surface area (Å²) in [7, 11) is 0. The molecule has 0 aliphatic heterocycles. The molecule has 1 aromatic carbocycles. The molecule has 0 bridgehead atoms. The zero-order valence-corrected chi connectivity index (χ0v) is 13.4. The summed E-state index contributed by atoms with van der Waals surface area (Å²) < 4.78 is 0. The molecule has 2 unspecified atom stereocenters. The van der Waals surface area contributed by atoms with Crippen molar-refractivity contribution in [1.82, 2.24) is 5.32 Å². The lowest BCUT2D eigenvalue weighted by Crippen LogP contribution is -2.28. The predicted molar refractivity (Wildman–Crippen MR) is 84.6 cm³/mol. The molecule has 0 radical (unpaired) electrons. The number of hydrogen-bond donors (Lipinski definition) is 2. The second-order valence-electron chi connectivity index (χ2n) is 6.68. The topological polar surface area (TPSA) is 55.1 Å². The summed E-state index contributed by atoms with van der Waals surface area (Å²) in [6.07, 6.45) is 1.21. The van der Waals surface area contributed by atoms with E-state index in [4.69, 9.17) is 5.73 Å². The number of carbonyl (C=O) groups excluding carboxylic acids is 1. The SMILES string of the molecule is CC(N)CCC(=O)NC(C)c1ccc(C(C)(C)C)cc1. The minimum absolute atomic E-state index is 0.0320. The van der Waals surface area contributed by atoms with E-state index < -0.39 is 0 Å². The Morgan fingerprint density at radius 1 is 1.20 bits per heavy atom. The fourth-order valence-corrected chi connectivity index (χ4v) is 2.03. The van der Waals surface area contributed by atoms with Crippen molar-refractivity contribution in [1.29, 1.82) is 0 Å². The average molecular weight is 276 g/mol. The Labute approximate surface area is 122 Å². The van der Waals surface area contributed by atoms with E-state index in [9.17, 15) is 4.79 Å². The van der Waals surface area contributed by atoms with Crippen LogP contribution in [-0.4, -0.2) is 11.9 Å². The van der Waals surface area contributed by atoms with Crippen LogP contribution in [0, 0.1) is 0 Å². The van der Waals surface area contributed by atoms with E-state index in [2.05, 4.69) is 50.4 Å². The Bertz CT molecular complexity index is 429. The molecular weight excluding hydrogens is 248 g/mol. The van der Waals surface area contributed by atoms with E-state index in [0.717, 1.165) is 12.0 Å². The summed E-state index contributed by atoms with van der Waals surface area (Å²) in [5.41, 5.74) is 8.25. The minimum atomic E-state index is 0.0320. The van der Waals surface area contributed by atoms with Crippen LogP contribution < -0.4 is 11.1 Å². The summed E-state index contributed by atoms with van der Waals surface area (Å²) >= 11 is 0. The van der Waals surface area contributed by atoms with E-state index in [1.807, 2.05) is 13.8 Å². The first-order chi connectivity index (χ1) is 9.20. The maximum absolute atomic E-state index is 11.8. The molecule has 0 aromatic heterocycles. The molecule has 3 heteroatoms. The fraction of sp³-hybridized carbons (Fsp3) is 0.588. The minimum Gasteiger partial charge on any atom is -0.350 e. The smallest absolute Gasteiger partial charge is 0.220 e. The first kappa shape index (κ1) is 16.7. The monoisotopic (exact) mass is 276 g/mol. The average Bonchev–Trinajstić information content (AvgIpc) is 2.35. The summed E-state index contributed by atoms with van der Waals surface area (Å²) in [5, 5.41) is 3.02. The zero-order valence-electron chi connectivity index (χ0n) is 13.4. The van der Waals surface area contributed by atoms with E-state index in [1.165, 1.54) is 5.56 Å². The first-order valence-electron chi connectivity index (χ1n) is 7.35. The van der Waals surface area contributed by atoms with Crippen LogP contribution in [0.15, 0.2) is 24.3 Å². The molecule has 112 valence electrons. The Hall–Kier alpha value is -1.35. The maximum atomic E-state index is 11.8. The second kappa shape index (κ2) is 6.89. The number of carbonyl (C=O) groups is 1. The molecule has 3 nitrogen and oxygen atoms in total. The maximum Gasteiger partial charge on any atom is 0.220 e. The molecule has 0 saturated carbocycles. The van der Waals surface area contributed by atoms with Gasteiger partial charge in [0.2, 0.25) is 5.91 Å². The summed E-state index contributed by atoms with van der Waals surface area (Å²) in [5.74, 6) is 0.0645. The van der Waals surface area contributed by atoms with E-state index >= 15 is 0 Å². The van der Waals surface area contributed by atoms with Gasteiger partial charge in [-0.2, -0.15) is 0 Å². The van der Waals surface area contributed by atoms with Crippen molar-refractivity contribution >= 4 is 5.91 Å². The van der Waals surface area contributed by atoms with E-state index in [-0.39, 0.29) is 23.4 Å². The Balaban J connectivity index is 2.60. The largest absolute Gasteiger partial charge is 0.350 e. The highest BCUT2D eigenvalue weighted by Gasteiger charge is 2.15. The van der Waals surface area contributed by atoms with Gasteiger partial charge in [-0.05, 0) is 36.8 Å². The highest BCUT2D eigenvalue weighted by Crippen LogP contribution is 2.23. The molecule has 0 spiro atoms. The van der Waals surface area contributed by atoms with Crippen molar-refractivity contribution < 1.29 is 4.79 Å². The van der Waals surface area contributed by atoms with Crippen molar-refractivity contribution in [2.24, 2.45) is 5.73 Å². The number of amides is 1. The van der Waals surface area contributed by atoms with Crippen LogP contribution in [0.25, 0.3) is 0 Å². The molecule has 2 atom stereocenters. The highest BCUT2D eigenvalue weighted by atomic mass is 16.1. The van der Waals surface area contributed by atoms with Gasteiger partial charge in [-0.1, -0.05) is 45.0 Å². The van der Waals surface area contributed by atoms with Gasteiger partial charge in [0, 0.05) is 12.5 Å². The Kier molecular flexibility index (Phi) is 5.75. The molecule has 20 heavy (non-hydrogen) atoms. The van der Waals surface area contributed by atoms with Gasteiger partial charge in [-0.15, -0.1) is 0 Å². The third-order valence-electron chi connectivity index (χ3n) is 3.48. The van der Waals surface area contributed by atoms with Crippen molar-refractivity contribution in [3.05, 3.63) is 35.4 Å². The van der Waals surface area contributed by atoms with Crippen molar-refractivity contribution in [2.45, 2.75) is 65.0 Å². The summed E-state index contributed by atoms with van der Waals surface area (Å²) in [6, 6.07) is 8.57. The Morgan fingerprint density at radius 2 is 1.75 bits per heavy atom. The molecule has 0 heterocycles. The lowest BCUT2D eigenvalue weighted by Gasteiger charge is -2.21. The highest BCUT2D eigenvalue weighted by molar-refractivity contribution is 5.76. The molecule has 1 aromatic rings. The lowest BCUT2D eigenvalue weighted by molar-refractivity contribution is -0.121. The molecule has 1 rings (SSSR count). The van der Waals surface area contributed by atoms with Crippen molar-refractivity contribution in [3.8, 4) is 0 Å². The van der Waals surface area contributed by atoms with Gasteiger partial charge in [0.15, 0.2) is 0 Å². The van der Waals surface area contributed by atoms with Crippen molar-refractivity contribution in [2.75, 3.05) is 0 Å². The van der Waals surface area contributed by atoms with Crippen molar-refractivity contribution in [3.63, 3.8) is 0 Å². The van der Waals surface area contributed by atoms with Crippen LogP contribution >= 0.6 is 0 Å². The van der Waals surface area contributed by atoms with E-state index in [1.54, 1.807) is 0 Å². The zero-order chi connectivity index (χ0) is 15.3. The van der Waals surface area contributed by atoms with E-state index in [0.29, 0.717) is 6.42 Å². The molecule has 1 amide bonds. The van der Waals surface area contributed by atoms with Gasteiger partial charge in [-0.3, -0.25) is 4.79 Å². The molecule has 0 aliphatic carbocycles. The van der Waals surface area contributed by atoms with Gasteiger partial charge in [0.25, 0.3) is 0 Å². The molecule has 0 aliphatic rings. The third-order valence-corrected chi connectivity index (χ3v) is 3.48. The quantitative estimate of drug-likeness (QED) is 0.867. The van der Waals surface area contributed by atoms with Crippen LogP contribution in [0.1, 0.15) is 64.6 Å². The van der Waals surface area contributed by atoms with Crippen LogP contribution in [0.2, 0.25) is 0 Å². The number of rotatable bonds is 5. The second-order valence-corrected chi connectivity index (χ2v) is 6.68. The predicted octanol–water partition coefficient (Wildman–Crippen LogP) is 3.29.